The lowest BCUT2D eigenvalue weighted by Gasteiger charge is -2.22. The summed E-state index contributed by atoms with van der Waals surface area (Å²) >= 11 is 0. The van der Waals surface area contributed by atoms with E-state index in [1.54, 1.807) is 0 Å². The maximum absolute atomic E-state index is 4.43. The van der Waals surface area contributed by atoms with Crippen molar-refractivity contribution in [3.63, 3.8) is 0 Å². The lowest BCUT2D eigenvalue weighted by atomic mass is 10.1. The topological polar surface area (TPSA) is 42.9 Å². The highest BCUT2D eigenvalue weighted by atomic mass is 15.2. The number of guanidine groups is 1. The standard InChI is InChI=1S/C24H43N5/c1-5-28(6-2)16-10-11-21(3)27-24(25-4)26-19-23-15-18-29(20-23)17-14-22-12-8-7-9-13-22/h7-9,12-13,21,23H,5-6,10-11,14-20H2,1-4H3,(H2,25,26,27). The van der Waals surface area contributed by atoms with E-state index >= 15 is 0 Å². The first-order valence-electron chi connectivity index (χ1n) is 11.6. The van der Waals surface area contributed by atoms with Crippen LogP contribution in [0.15, 0.2) is 35.3 Å². The lowest BCUT2D eigenvalue weighted by Crippen LogP contribution is -2.44. The second-order valence-electron chi connectivity index (χ2n) is 8.36. The average molecular weight is 402 g/mol. The van der Waals surface area contributed by atoms with Crippen LogP contribution in [-0.2, 0) is 6.42 Å². The minimum atomic E-state index is 0.447. The van der Waals surface area contributed by atoms with E-state index in [0.29, 0.717) is 12.0 Å². The molecule has 164 valence electrons. The lowest BCUT2D eigenvalue weighted by molar-refractivity contribution is 0.292. The zero-order valence-corrected chi connectivity index (χ0v) is 19.2. The molecule has 2 rings (SSSR count). The predicted molar refractivity (Wildman–Crippen MR) is 126 cm³/mol. The Morgan fingerprint density at radius 2 is 2.00 bits per heavy atom. The van der Waals surface area contributed by atoms with E-state index in [4.69, 9.17) is 0 Å². The van der Waals surface area contributed by atoms with Crippen molar-refractivity contribution < 1.29 is 0 Å². The van der Waals surface area contributed by atoms with Crippen LogP contribution in [0.3, 0.4) is 0 Å². The molecular weight excluding hydrogens is 358 g/mol. The van der Waals surface area contributed by atoms with Crippen LogP contribution < -0.4 is 10.6 Å². The molecule has 1 aromatic carbocycles. The number of nitrogens with one attached hydrogen (secondary N) is 2. The summed E-state index contributed by atoms with van der Waals surface area (Å²) in [6.07, 6.45) is 4.83. The molecular formula is C24H43N5. The molecule has 29 heavy (non-hydrogen) atoms. The van der Waals surface area contributed by atoms with Gasteiger partial charge >= 0.3 is 0 Å². The number of nitrogens with zero attached hydrogens (tertiary/aromatic N) is 3. The second kappa shape index (κ2) is 13.6. The van der Waals surface area contributed by atoms with Crippen LogP contribution in [0.2, 0.25) is 0 Å². The Kier molecular flexibility index (Phi) is 11.1. The molecule has 2 unspecified atom stereocenters. The molecule has 0 spiro atoms. The van der Waals surface area contributed by atoms with Crippen LogP contribution in [0.25, 0.3) is 0 Å². The fraction of sp³-hybridized carbons (Fsp3) is 0.708. The van der Waals surface area contributed by atoms with Gasteiger partial charge in [0, 0.05) is 32.7 Å². The Morgan fingerprint density at radius 1 is 1.24 bits per heavy atom. The second-order valence-corrected chi connectivity index (χ2v) is 8.36. The highest BCUT2D eigenvalue weighted by Crippen LogP contribution is 2.16. The van der Waals surface area contributed by atoms with Crippen LogP contribution in [0, 0.1) is 5.92 Å². The summed E-state index contributed by atoms with van der Waals surface area (Å²) in [4.78, 5) is 9.52. The fourth-order valence-corrected chi connectivity index (χ4v) is 4.12. The maximum Gasteiger partial charge on any atom is 0.191 e. The van der Waals surface area contributed by atoms with E-state index in [1.807, 2.05) is 7.05 Å². The Hall–Kier alpha value is -1.59. The van der Waals surface area contributed by atoms with Crippen molar-refractivity contribution >= 4 is 5.96 Å². The Morgan fingerprint density at radius 3 is 2.69 bits per heavy atom. The number of likely N-dealkylation sites (tertiary alicyclic amines) is 1. The van der Waals surface area contributed by atoms with E-state index in [1.165, 1.54) is 44.5 Å². The summed E-state index contributed by atoms with van der Waals surface area (Å²) in [5, 5.41) is 7.12. The highest BCUT2D eigenvalue weighted by molar-refractivity contribution is 5.79. The van der Waals surface area contributed by atoms with Gasteiger partial charge in [0.05, 0.1) is 0 Å². The molecule has 0 saturated carbocycles. The molecule has 5 heteroatoms. The quantitative estimate of drug-likeness (QED) is 0.417. The van der Waals surface area contributed by atoms with Crippen molar-refractivity contribution in [2.75, 3.05) is 52.9 Å². The molecule has 1 aliphatic rings. The minimum absolute atomic E-state index is 0.447. The molecule has 1 aliphatic heterocycles. The molecule has 2 atom stereocenters. The molecule has 0 aromatic heterocycles. The smallest absolute Gasteiger partial charge is 0.191 e. The first-order valence-corrected chi connectivity index (χ1v) is 11.6. The zero-order valence-electron chi connectivity index (χ0n) is 19.2. The molecule has 1 fully saturated rings. The van der Waals surface area contributed by atoms with Gasteiger partial charge in [-0.05, 0) is 70.3 Å². The van der Waals surface area contributed by atoms with E-state index < -0.39 is 0 Å². The van der Waals surface area contributed by atoms with Crippen LogP contribution in [0.1, 0.15) is 45.6 Å². The number of hydrogen-bond acceptors (Lipinski definition) is 3. The summed E-state index contributed by atoms with van der Waals surface area (Å²) < 4.78 is 0. The van der Waals surface area contributed by atoms with Gasteiger partial charge in [-0.3, -0.25) is 4.99 Å². The molecule has 0 radical (unpaired) electrons. The summed E-state index contributed by atoms with van der Waals surface area (Å²) in [6.45, 7) is 14.8. The van der Waals surface area contributed by atoms with Crippen molar-refractivity contribution in [1.29, 1.82) is 0 Å². The van der Waals surface area contributed by atoms with Gasteiger partial charge in [0.15, 0.2) is 5.96 Å². The first-order chi connectivity index (χ1) is 14.1. The van der Waals surface area contributed by atoms with Gasteiger partial charge in [-0.2, -0.15) is 0 Å². The number of rotatable bonds is 12. The molecule has 0 amide bonds. The van der Waals surface area contributed by atoms with Gasteiger partial charge in [0.2, 0.25) is 0 Å². The van der Waals surface area contributed by atoms with E-state index in [-0.39, 0.29) is 0 Å². The number of aliphatic imine (C=N–C) groups is 1. The zero-order chi connectivity index (χ0) is 20.9. The van der Waals surface area contributed by atoms with Gasteiger partial charge in [0.1, 0.15) is 0 Å². The van der Waals surface area contributed by atoms with Crippen LogP contribution in [0.4, 0.5) is 0 Å². The van der Waals surface area contributed by atoms with Gasteiger partial charge < -0.3 is 20.4 Å². The maximum atomic E-state index is 4.43. The average Bonchev–Trinajstić information content (AvgIpc) is 3.21. The monoisotopic (exact) mass is 401 g/mol. The fourth-order valence-electron chi connectivity index (χ4n) is 4.12. The van der Waals surface area contributed by atoms with Gasteiger partial charge in [0.25, 0.3) is 0 Å². The van der Waals surface area contributed by atoms with Gasteiger partial charge in [-0.1, -0.05) is 44.2 Å². The predicted octanol–water partition coefficient (Wildman–Crippen LogP) is 3.23. The number of benzene rings is 1. The Bertz CT molecular complexity index is 570. The van der Waals surface area contributed by atoms with Crippen molar-refractivity contribution in [2.45, 2.75) is 52.5 Å². The summed E-state index contributed by atoms with van der Waals surface area (Å²) in [5.74, 6) is 1.66. The highest BCUT2D eigenvalue weighted by Gasteiger charge is 2.22. The van der Waals surface area contributed by atoms with Crippen molar-refractivity contribution in [2.24, 2.45) is 10.9 Å². The minimum Gasteiger partial charge on any atom is -0.356 e. The van der Waals surface area contributed by atoms with Crippen molar-refractivity contribution in [1.82, 2.24) is 20.4 Å². The van der Waals surface area contributed by atoms with Crippen LogP contribution in [0.5, 0.6) is 0 Å². The molecule has 5 nitrogen and oxygen atoms in total. The summed E-state index contributed by atoms with van der Waals surface area (Å²) in [5.41, 5.74) is 1.44. The molecule has 1 aromatic rings. The number of hydrogen-bond donors (Lipinski definition) is 2. The van der Waals surface area contributed by atoms with E-state index in [9.17, 15) is 0 Å². The Balaban J connectivity index is 1.61. The molecule has 2 N–H and O–H groups in total. The third kappa shape index (κ3) is 9.18. The Labute approximate surface area is 179 Å². The van der Waals surface area contributed by atoms with Gasteiger partial charge in [-0.15, -0.1) is 0 Å². The van der Waals surface area contributed by atoms with E-state index in [0.717, 1.165) is 38.6 Å². The van der Waals surface area contributed by atoms with Crippen molar-refractivity contribution in [3.05, 3.63) is 35.9 Å². The summed E-state index contributed by atoms with van der Waals surface area (Å²) in [7, 11) is 1.87. The molecule has 0 bridgehead atoms. The van der Waals surface area contributed by atoms with Crippen LogP contribution in [-0.4, -0.2) is 74.7 Å². The van der Waals surface area contributed by atoms with E-state index in [2.05, 4.69) is 76.5 Å². The largest absolute Gasteiger partial charge is 0.356 e. The SMILES string of the molecule is CCN(CC)CCCC(C)NC(=NC)NCC1CCN(CCc2ccccc2)C1. The van der Waals surface area contributed by atoms with Crippen molar-refractivity contribution in [3.8, 4) is 0 Å². The van der Waals surface area contributed by atoms with Crippen LogP contribution >= 0.6 is 0 Å². The molecule has 1 heterocycles. The third-order valence-corrected chi connectivity index (χ3v) is 6.10. The molecule has 1 saturated heterocycles. The van der Waals surface area contributed by atoms with Gasteiger partial charge in [-0.25, -0.2) is 0 Å². The summed E-state index contributed by atoms with van der Waals surface area (Å²) in [6, 6.07) is 11.3. The normalized spacial score (nSPS) is 18.9. The first kappa shape index (κ1) is 23.7. The third-order valence-electron chi connectivity index (χ3n) is 6.10. The molecule has 0 aliphatic carbocycles.